The molecule has 0 fully saturated rings. The number of pyridine rings is 1. The summed E-state index contributed by atoms with van der Waals surface area (Å²) in [5.74, 6) is -0.379. The lowest BCUT2D eigenvalue weighted by atomic mass is 9.99. The zero-order valence-corrected chi connectivity index (χ0v) is 9.35. The molecule has 2 amide bonds. The second kappa shape index (κ2) is 4.10. The van der Waals surface area contributed by atoms with Gasteiger partial charge in [0.05, 0.1) is 11.4 Å². The summed E-state index contributed by atoms with van der Waals surface area (Å²) in [5, 5.41) is 5.36. The van der Waals surface area contributed by atoms with Crippen molar-refractivity contribution in [2.45, 2.75) is 6.04 Å². The minimum Gasteiger partial charge on any atom is -0.325 e. The van der Waals surface area contributed by atoms with Crippen molar-refractivity contribution < 1.29 is 9.18 Å². The summed E-state index contributed by atoms with van der Waals surface area (Å²) in [6.45, 7) is 0. The second-order valence-electron chi connectivity index (χ2n) is 4.02. The maximum atomic E-state index is 13.2. The SMILES string of the molecule is O=C1Nc2cc(F)ccc2C(c2ccccn2)N1. The minimum atomic E-state index is -0.379. The van der Waals surface area contributed by atoms with E-state index in [0.717, 1.165) is 11.3 Å². The number of hydrogen-bond donors (Lipinski definition) is 2. The van der Waals surface area contributed by atoms with Crippen LogP contribution in [0.5, 0.6) is 0 Å². The van der Waals surface area contributed by atoms with Crippen LogP contribution in [0.2, 0.25) is 0 Å². The molecule has 2 heterocycles. The number of fused-ring (bicyclic) bond motifs is 1. The van der Waals surface area contributed by atoms with Crippen molar-refractivity contribution in [2.75, 3.05) is 5.32 Å². The average molecular weight is 243 g/mol. The lowest BCUT2D eigenvalue weighted by Crippen LogP contribution is -2.38. The van der Waals surface area contributed by atoms with Crippen LogP contribution >= 0.6 is 0 Å². The van der Waals surface area contributed by atoms with E-state index in [1.165, 1.54) is 12.1 Å². The van der Waals surface area contributed by atoms with E-state index in [1.54, 1.807) is 18.3 Å². The zero-order chi connectivity index (χ0) is 12.5. The number of aromatic nitrogens is 1. The van der Waals surface area contributed by atoms with E-state index in [4.69, 9.17) is 0 Å². The van der Waals surface area contributed by atoms with E-state index in [9.17, 15) is 9.18 Å². The van der Waals surface area contributed by atoms with Crippen molar-refractivity contribution in [3.8, 4) is 0 Å². The molecule has 3 rings (SSSR count). The molecule has 5 heteroatoms. The van der Waals surface area contributed by atoms with Gasteiger partial charge in [-0.1, -0.05) is 12.1 Å². The van der Waals surface area contributed by atoms with Gasteiger partial charge in [-0.2, -0.15) is 0 Å². The van der Waals surface area contributed by atoms with Crippen LogP contribution in [0.3, 0.4) is 0 Å². The number of carbonyl (C=O) groups excluding carboxylic acids is 1. The largest absolute Gasteiger partial charge is 0.325 e. The van der Waals surface area contributed by atoms with Crippen LogP contribution in [0.1, 0.15) is 17.3 Å². The number of anilines is 1. The molecule has 1 unspecified atom stereocenters. The fraction of sp³-hybridized carbons (Fsp3) is 0.0769. The molecule has 90 valence electrons. The summed E-state index contributed by atoms with van der Waals surface area (Å²) in [4.78, 5) is 15.8. The normalized spacial score (nSPS) is 17.6. The fourth-order valence-corrected chi connectivity index (χ4v) is 2.04. The molecular formula is C13H10FN3O. The Morgan fingerprint density at radius 3 is 2.89 bits per heavy atom. The van der Waals surface area contributed by atoms with E-state index < -0.39 is 0 Å². The predicted molar refractivity (Wildman–Crippen MR) is 64.6 cm³/mol. The van der Waals surface area contributed by atoms with E-state index in [1.807, 2.05) is 12.1 Å². The molecular weight excluding hydrogens is 233 g/mol. The Kier molecular flexibility index (Phi) is 2.44. The van der Waals surface area contributed by atoms with Crippen LogP contribution in [-0.4, -0.2) is 11.0 Å². The lowest BCUT2D eigenvalue weighted by Gasteiger charge is -2.26. The Labute approximate surface area is 103 Å². The molecule has 0 aliphatic carbocycles. The van der Waals surface area contributed by atoms with Gasteiger partial charge in [-0.15, -0.1) is 0 Å². The van der Waals surface area contributed by atoms with Crippen LogP contribution in [-0.2, 0) is 0 Å². The van der Waals surface area contributed by atoms with Crippen molar-refractivity contribution in [1.82, 2.24) is 10.3 Å². The number of halogens is 1. The summed E-state index contributed by atoms with van der Waals surface area (Å²) >= 11 is 0. The van der Waals surface area contributed by atoms with Crippen molar-refractivity contribution in [2.24, 2.45) is 0 Å². The van der Waals surface area contributed by atoms with Crippen molar-refractivity contribution in [3.63, 3.8) is 0 Å². The minimum absolute atomic E-state index is 0.351. The van der Waals surface area contributed by atoms with Gasteiger partial charge in [-0.3, -0.25) is 4.98 Å². The number of carbonyl (C=O) groups is 1. The Morgan fingerprint density at radius 2 is 2.11 bits per heavy atom. The molecule has 0 radical (unpaired) electrons. The highest BCUT2D eigenvalue weighted by molar-refractivity contribution is 5.93. The number of urea groups is 1. The maximum absolute atomic E-state index is 13.2. The molecule has 1 aromatic heterocycles. The van der Waals surface area contributed by atoms with Crippen LogP contribution < -0.4 is 10.6 Å². The number of rotatable bonds is 1. The van der Waals surface area contributed by atoms with Gasteiger partial charge in [0.2, 0.25) is 0 Å². The molecule has 0 saturated heterocycles. The van der Waals surface area contributed by atoms with Gasteiger partial charge in [0, 0.05) is 11.8 Å². The molecule has 0 spiro atoms. The molecule has 1 atom stereocenters. The third-order valence-corrected chi connectivity index (χ3v) is 2.83. The highest BCUT2D eigenvalue weighted by Gasteiger charge is 2.26. The highest BCUT2D eigenvalue weighted by Crippen LogP contribution is 2.31. The average Bonchev–Trinajstić information content (AvgIpc) is 2.38. The van der Waals surface area contributed by atoms with Gasteiger partial charge in [0.25, 0.3) is 0 Å². The van der Waals surface area contributed by atoms with Crippen LogP contribution in [0.15, 0.2) is 42.6 Å². The predicted octanol–water partition coefficient (Wildman–Crippen LogP) is 2.45. The number of amides is 2. The molecule has 0 bridgehead atoms. The highest BCUT2D eigenvalue weighted by atomic mass is 19.1. The molecule has 1 aliphatic heterocycles. The number of nitrogens with zero attached hydrogens (tertiary/aromatic N) is 1. The Balaban J connectivity index is 2.10. The molecule has 2 N–H and O–H groups in total. The number of nitrogens with one attached hydrogen (secondary N) is 2. The standard InChI is InChI=1S/C13H10FN3O/c14-8-4-5-9-11(7-8)16-13(18)17-12(9)10-3-1-2-6-15-10/h1-7,12H,(H2,16,17,18). The first-order valence-electron chi connectivity index (χ1n) is 5.52. The molecule has 18 heavy (non-hydrogen) atoms. The van der Waals surface area contributed by atoms with E-state index >= 15 is 0 Å². The first-order valence-corrected chi connectivity index (χ1v) is 5.52. The summed E-state index contributed by atoms with van der Waals surface area (Å²) in [6, 6.07) is 9.09. The Bertz CT molecular complexity index is 600. The number of hydrogen-bond acceptors (Lipinski definition) is 2. The van der Waals surface area contributed by atoms with Gasteiger partial charge >= 0.3 is 6.03 Å². The van der Waals surface area contributed by atoms with Gasteiger partial charge in [0.15, 0.2) is 0 Å². The van der Waals surface area contributed by atoms with Gasteiger partial charge in [-0.05, 0) is 24.3 Å². The zero-order valence-electron chi connectivity index (χ0n) is 9.35. The fourth-order valence-electron chi connectivity index (χ4n) is 2.04. The van der Waals surface area contributed by atoms with E-state index in [-0.39, 0.29) is 17.9 Å². The summed E-state index contributed by atoms with van der Waals surface area (Å²) in [6.07, 6.45) is 1.66. The molecule has 1 aliphatic rings. The van der Waals surface area contributed by atoms with Gasteiger partial charge in [-0.25, -0.2) is 9.18 Å². The third kappa shape index (κ3) is 1.79. The van der Waals surface area contributed by atoms with Crippen LogP contribution in [0, 0.1) is 5.82 Å². The first kappa shape index (κ1) is 10.7. The monoisotopic (exact) mass is 243 g/mol. The molecule has 1 aromatic carbocycles. The van der Waals surface area contributed by atoms with Crippen molar-refractivity contribution in [3.05, 3.63) is 59.7 Å². The van der Waals surface area contributed by atoms with E-state index in [0.29, 0.717) is 5.69 Å². The first-order chi connectivity index (χ1) is 8.74. The number of benzene rings is 1. The quantitative estimate of drug-likeness (QED) is 0.808. The summed E-state index contributed by atoms with van der Waals surface area (Å²) in [5.41, 5.74) is 2.00. The maximum Gasteiger partial charge on any atom is 0.320 e. The molecule has 2 aromatic rings. The van der Waals surface area contributed by atoms with Gasteiger partial charge in [0.1, 0.15) is 11.9 Å². The van der Waals surface area contributed by atoms with Crippen molar-refractivity contribution in [1.29, 1.82) is 0 Å². The Morgan fingerprint density at radius 1 is 1.22 bits per heavy atom. The molecule has 4 nitrogen and oxygen atoms in total. The lowest BCUT2D eigenvalue weighted by molar-refractivity contribution is 0.248. The Hall–Kier alpha value is -2.43. The van der Waals surface area contributed by atoms with Crippen LogP contribution in [0.25, 0.3) is 0 Å². The smallest absolute Gasteiger partial charge is 0.320 e. The van der Waals surface area contributed by atoms with Gasteiger partial charge < -0.3 is 10.6 Å². The van der Waals surface area contributed by atoms with Crippen LogP contribution in [0.4, 0.5) is 14.9 Å². The third-order valence-electron chi connectivity index (χ3n) is 2.83. The second-order valence-corrected chi connectivity index (χ2v) is 4.02. The van der Waals surface area contributed by atoms with E-state index in [2.05, 4.69) is 15.6 Å². The topological polar surface area (TPSA) is 54.0 Å². The molecule has 0 saturated carbocycles. The van der Waals surface area contributed by atoms with Crippen molar-refractivity contribution >= 4 is 11.7 Å². The summed E-state index contributed by atoms with van der Waals surface area (Å²) < 4.78 is 13.2. The summed E-state index contributed by atoms with van der Waals surface area (Å²) in [7, 11) is 0.